The van der Waals surface area contributed by atoms with Crippen LogP contribution in [0.15, 0.2) is 60.8 Å². The monoisotopic (exact) mass is 611 g/mol. The summed E-state index contributed by atoms with van der Waals surface area (Å²) in [5.74, 6) is -0.437. The molecule has 0 bridgehead atoms. The van der Waals surface area contributed by atoms with Gasteiger partial charge >= 0.3 is 12.3 Å². The van der Waals surface area contributed by atoms with Gasteiger partial charge in [-0.05, 0) is 75.1 Å². The number of piperazine rings is 1. The average Bonchev–Trinajstić information content (AvgIpc) is 2.95. The predicted molar refractivity (Wildman–Crippen MR) is 162 cm³/mol. The second kappa shape index (κ2) is 13.4. The Hall–Kier alpha value is -4.61. The molecule has 2 heterocycles. The maximum Gasteiger partial charge on any atom is 0.418 e. The first-order valence-corrected chi connectivity index (χ1v) is 14.3. The van der Waals surface area contributed by atoms with Crippen LogP contribution in [0.3, 0.4) is 0 Å². The number of amides is 3. The normalized spacial score (nSPS) is 13.8. The van der Waals surface area contributed by atoms with Gasteiger partial charge < -0.3 is 25.2 Å². The quantitative estimate of drug-likeness (QED) is 0.332. The average molecular weight is 612 g/mol. The summed E-state index contributed by atoms with van der Waals surface area (Å²) in [6, 6.07) is 14.1. The van der Waals surface area contributed by atoms with Crippen LogP contribution in [0.5, 0.6) is 0 Å². The standard InChI is InChI=1S/C32H36F3N5O4/c1-21(41)37-27-14-13-23(20-36-27)12-11-22-7-5-8-24(19-22)29(42)38-28-25(32(33,34)35)9-6-10-26(28)39-15-17-40(18-16-39)30(43)44-31(2,3)4/h5-10,13-14,19-20H,11-12,15-18H2,1-4H3,(H,38,42)(H,36,37,41). The van der Waals surface area contributed by atoms with Crippen LogP contribution >= 0.6 is 0 Å². The van der Waals surface area contributed by atoms with Crippen molar-refractivity contribution in [3.63, 3.8) is 0 Å². The van der Waals surface area contributed by atoms with Crippen LogP contribution in [-0.2, 0) is 28.5 Å². The van der Waals surface area contributed by atoms with Gasteiger partial charge in [-0.25, -0.2) is 9.78 Å². The fraction of sp³-hybridized carbons (Fsp3) is 0.375. The van der Waals surface area contributed by atoms with E-state index in [0.717, 1.165) is 17.2 Å². The number of pyridine rings is 1. The Morgan fingerprint density at radius 1 is 0.886 bits per heavy atom. The molecule has 2 aromatic carbocycles. The topological polar surface area (TPSA) is 104 Å². The van der Waals surface area contributed by atoms with Crippen molar-refractivity contribution in [2.24, 2.45) is 0 Å². The zero-order chi connectivity index (χ0) is 32.1. The molecule has 3 aromatic rings. The molecular weight excluding hydrogens is 575 g/mol. The van der Waals surface area contributed by atoms with Crippen molar-refractivity contribution in [2.75, 3.05) is 41.7 Å². The number of hydrogen-bond acceptors (Lipinski definition) is 6. The highest BCUT2D eigenvalue weighted by atomic mass is 19.4. The smallest absolute Gasteiger partial charge is 0.418 e. The lowest BCUT2D eigenvalue weighted by atomic mass is 10.0. The van der Waals surface area contributed by atoms with Gasteiger partial charge in [-0.1, -0.05) is 24.3 Å². The third-order valence-corrected chi connectivity index (χ3v) is 6.88. The van der Waals surface area contributed by atoms with Gasteiger partial charge in [-0.15, -0.1) is 0 Å². The number of ether oxygens (including phenoxy) is 1. The van der Waals surface area contributed by atoms with Gasteiger partial charge in [0.05, 0.1) is 16.9 Å². The van der Waals surface area contributed by atoms with Crippen molar-refractivity contribution in [1.29, 1.82) is 0 Å². The van der Waals surface area contributed by atoms with Gasteiger partial charge in [-0.2, -0.15) is 13.2 Å². The van der Waals surface area contributed by atoms with E-state index in [1.54, 1.807) is 56.1 Å². The predicted octanol–water partition coefficient (Wildman–Crippen LogP) is 6.15. The summed E-state index contributed by atoms with van der Waals surface area (Å²) < 4.78 is 47.8. The van der Waals surface area contributed by atoms with Gasteiger partial charge in [-0.3, -0.25) is 9.59 Å². The molecule has 234 valence electrons. The zero-order valence-electron chi connectivity index (χ0n) is 25.1. The van der Waals surface area contributed by atoms with E-state index in [-0.39, 0.29) is 49.0 Å². The Bertz CT molecular complexity index is 1490. The highest BCUT2D eigenvalue weighted by Crippen LogP contribution is 2.40. The highest BCUT2D eigenvalue weighted by molar-refractivity contribution is 6.06. The summed E-state index contributed by atoms with van der Waals surface area (Å²) >= 11 is 0. The molecule has 9 nitrogen and oxygen atoms in total. The van der Waals surface area contributed by atoms with Gasteiger partial charge in [0, 0.05) is 44.9 Å². The molecule has 0 unspecified atom stereocenters. The molecule has 2 N–H and O–H groups in total. The molecular formula is C32H36F3N5O4. The number of alkyl halides is 3. The van der Waals surface area contributed by atoms with Gasteiger partial charge in [0.25, 0.3) is 5.91 Å². The van der Waals surface area contributed by atoms with Crippen molar-refractivity contribution < 1.29 is 32.3 Å². The first-order chi connectivity index (χ1) is 20.7. The summed E-state index contributed by atoms with van der Waals surface area (Å²) in [6.45, 7) is 7.73. The number of carbonyl (C=O) groups excluding carboxylic acids is 3. The minimum absolute atomic E-state index is 0.217. The van der Waals surface area contributed by atoms with Crippen molar-refractivity contribution in [3.8, 4) is 0 Å². The maximum atomic E-state index is 14.1. The fourth-order valence-corrected chi connectivity index (χ4v) is 4.80. The van der Waals surface area contributed by atoms with Crippen molar-refractivity contribution in [3.05, 3.63) is 83.0 Å². The number of benzene rings is 2. The third-order valence-electron chi connectivity index (χ3n) is 6.88. The van der Waals surface area contributed by atoms with Crippen LogP contribution in [0.4, 0.5) is 35.2 Å². The Morgan fingerprint density at radius 3 is 2.18 bits per heavy atom. The number of halogens is 3. The molecule has 3 amide bonds. The van der Waals surface area contributed by atoms with Crippen LogP contribution in [0.25, 0.3) is 0 Å². The second-order valence-corrected chi connectivity index (χ2v) is 11.5. The molecule has 0 spiro atoms. The third kappa shape index (κ3) is 8.71. The highest BCUT2D eigenvalue weighted by Gasteiger charge is 2.36. The van der Waals surface area contributed by atoms with Gasteiger partial charge in [0.2, 0.25) is 5.91 Å². The number of anilines is 3. The summed E-state index contributed by atoms with van der Waals surface area (Å²) in [4.78, 5) is 44.5. The van der Waals surface area contributed by atoms with E-state index in [1.165, 1.54) is 24.0 Å². The lowest BCUT2D eigenvalue weighted by molar-refractivity contribution is -0.136. The fourth-order valence-electron chi connectivity index (χ4n) is 4.80. The van der Waals surface area contributed by atoms with E-state index in [9.17, 15) is 27.6 Å². The van der Waals surface area contributed by atoms with E-state index in [2.05, 4.69) is 15.6 Å². The Balaban J connectivity index is 1.48. The number of nitrogens with zero attached hydrogens (tertiary/aromatic N) is 3. The molecule has 0 radical (unpaired) electrons. The summed E-state index contributed by atoms with van der Waals surface area (Å²) in [5.41, 5.74) is 0.246. The molecule has 0 saturated carbocycles. The SMILES string of the molecule is CC(=O)Nc1ccc(CCc2cccc(C(=O)Nc3c(N4CCN(C(=O)OC(C)(C)C)CC4)cccc3C(F)(F)F)c2)cn1. The molecule has 0 atom stereocenters. The Morgan fingerprint density at radius 2 is 1.57 bits per heavy atom. The molecule has 44 heavy (non-hydrogen) atoms. The van der Waals surface area contributed by atoms with E-state index < -0.39 is 29.3 Å². The van der Waals surface area contributed by atoms with Crippen molar-refractivity contribution >= 4 is 35.1 Å². The zero-order valence-corrected chi connectivity index (χ0v) is 25.1. The first-order valence-electron chi connectivity index (χ1n) is 14.3. The van der Waals surface area contributed by atoms with Gasteiger partial charge in [0.15, 0.2) is 0 Å². The molecule has 12 heteroatoms. The van der Waals surface area contributed by atoms with Crippen molar-refractivity contribution in [2.45, 2.75) is 52.3 Å². The van der Waals surface area contributed by atoms with Gasteiger partial charge in [0.1, 0.15) is 11.4 Å². The maximum absolute atomic E-state index is 14.1. The van der Waals surface area contributed by atoms with Crippen LogP contribution in [0.2, 0.25) is 0 Å². The van der Waals surface area contributed by atoms with Crippen molar-refractivity contribution in [1.82, 2.24) is 9.88 Å². The number of hydrogen-bond donors (Lipinski definition) is 2. The molecule has 1 aliphatic rings. The minimum Gasteiger partial charge on any atom is -0.444 e. The number of nitrogens with one attached hydrogen (secondary N) is 2. The molecule has 4 rings (SSSR count). The molecule has 1 fully saturated rings. The lowest BCUT2D eigenvalue weighted by Crippen LogP contribution is -2.50. The van der Waals surface area contributed by atoms with E-state index in [1.807, 2.05) is 12.1 Å². The van der Waals surface area contributed by atoms with E-state index in [0.29, 0.717) is 18.7 Å². The number of aryl methyl sites for hydroxylation is 2. The summed E-state index contributed by atoms with van der Waals surface area (Å²) in [7, 11) is 0. The second-order valence-electron chi connectivity index (χ2n) is 11.5. The summed E-state index contributed by atoms with van der Waals surface area (Å²) in [6.07, 6.45) is -2.36. The number of aromatic nitrogens is 1. The molecule has 1 aromatic heterocycles. The van der Waals surface area contributed by atoms with E-state index in [4.69, 9.17) is 4.74 Å². The lowest BCUT2D eigenvalue weighted by Gasteiger charge is -2.37. The molecule has 1 saturated heterocycles. The van der Waals surface area contributed by atoms with Crippen LogP contribution in [0.1, 0.15) is 54.7 Å². The number of para-hydroxylation sites is 1. The largest absolute Gasteiger partial charge is 0.444 e. The Labute approximate surface area is 254 Å². The van der Waals surface area contributed by atoms with Crippen LogP contribution < -0.4 is 15.5 Å². The summed E-state index contributed by atoms with van der Waals surface area (Å²) in [5, 5.41) is 5.15. The minimum atomic E-state index is -4.71. The molecule has 0 aliphatic carbocycles. The molecule has 1 aliphatic heterocycles. The van der Waals surface area contributed by atoms with Crippen LogP contribution in [0, 0.1) is 0 Å². The Kier molecular flexibility index (Phi) is 9.81. The number of rotatable bonds is 7. The van der Waals surface area contributed by atoms with E-state index >= 15 is 0 Å². The number of carbonyl (C=O) groups is 3. The van der Waals surface area contributed by atoms with Crippen LogP contribution in [-0.4, -0.2) is 59.6 Å². The first kappa shape index (κ1) is 32.3.